The molecule has 1 N–H and O–H groups in total. The van der Waals surface area contributed by atoms with Crippen molar-refractivity contribution in [1.29, 1.82) is 0 Å². The lowest BCUT2D eigenvalue weighted by Crippen LogP contribution is -2.55. The van der Waals surface area contributed by atoms with Gasteiger partial charge < -0.3 is 24.1 Å². The first kappa shape index (κ1) is 24.6. The van der Waals surface area contributed by atoms with Gasteiger partial charge in [0.25, 0.3) is 0 Å². The van der Waals surface area contributed by atoms with Gasteiger partial charge in [-0.25, -0.2) is 4.79 Å². The number of carboxylic acid groups (broad SMARTS) is 1. The third kappa shape index (κ3) is 6.07. The SMILES string of the molecule is COC1C(OC/C=C/C=C/C=C/C=C/C(=O)O)CC[C@]2(CO2)[C@@H]1[C@@]1(C)OC1CC=C(C)C. The predicted molar refractivity (Wildman–Crippen MR) is 123 cm³/mol. The van der Waals surface area contributed by atoms with Crippen LogP contribution in [0.25, 0.3) is 0 Å². The maximum atomic E-state index is 10.4. The molecule has 3 aliphatic rings. The van der Waals surface area contributed by atoms with Crippen molar-refractivity contribution in [3.63, 3.8) is 0 Å². The lowest BCUT2D eigenvalue weighted by molar-refractivity contribution is -0.134. The first-order chi connectivity index (χ1) is 15.3. The Balaban J connectivity index is 1.53. The van der Waals surface area contributed by atoms with E-state index in [2.05, 4.69) is 26.8 Å². The van der Waals surface area contributed by atoms with Crippen molar-refractivity contribution in [2.24, 2.45) is 5.92 Å². The summed E-state index contributed by atoms with van der Waals surface area (Å²) in [7, 11) is 1.76. The highest BCUT2D eigenvalue weighted by Crippen LogP contribution is 2.59. The van der Waals surface area contributed by atoms with Crippen LogP contribution in [-0.4, -0.2) is 60.9 Å². The molecule has 2 heterocycles. The van der Waals surface area contributed by atoms with Gasteiger partial charge in [0.05, 0.1) is 43.0 Å². The van der Waals surface area contributed by atoms with E-state index < -0.39 is 5.97 Å². The Morgan fingerprint density at radius 1 is 1.16 bits per heavy atom. The molecule has 32 heavy (non-hydrogen) atoms. The summed E-state index contributed by atoms with van der Waals surface area (Å²) in [6, 6.07) is 0. The highest BCUT2D eigenvalue weighted by molar-refractivity contribution is 5.80. The summed E-state index contributed by atoms with van der Waals surface area (Å²) in [6.45, 7) is 7.70. The van der Waals surface area contributed by atoms with E-state index in [9.17, 15) is 4.79 Å². The topological polar surface area (TPSA) is 80.8 Å². The highest BCUT2D eigenvalue weighted by atomic mass is 16.6. The molecule has 0 amide bonds. The van der Waals surface area contributed by atoms with Gasteiger partial charge in [-0.1, -0.05) is 54.2 Å². The van der Waals surface area contributed by atoms with Crippen molar-refractivity contribution in [1.82, 2.24) is 0 Å². The normalized spacial score (nSPS) is 36.6. The second-order valence-electron chi connectivity index (χ2n) is 9.14. The predicted octanol–water partition coefficient (Wildman–Crippen LogP) is 4.39. The molecule has 6 heteroatoms. The summed E-state index contributed by atoms with van der Waals surface area (Å²) >= 11 is 0. The third-order valence-corrected chi connectivity index (χ3v) is 6.57. The summed E-state index contributed by atoms with van der Waals surface area (Å²) in [6.07, 6.45) is 18.8. The van der Waals surface area contributed by atoms with Crippen molar-refractivity contribution in [2.75, 3.05) is 20.3 Å². The van der Waals surface area contributed by atoms with Gasteiger partial charge in [-0.2, -0.15) is 0 Å². The van der Waals surface area contributed by atoms with Gasteiger partial charge in [-0.05, 0) is 40.0 Å². The van der Waals surface area contributed by atoms with Crippen molar-refractivity contribution in [3.05, 3.63) is 60.3 Å². The summed E-state index contributed by atoms with van der Waals surface area (Å²) in [5, 5.41) is 8.52. The van der Waals surface area contributed by atoms with Crippen LogP contribution in [-0.2, 0) is 23.7 Å². The zero-order chi connectivity index (χ0) is 23.2. The Hall–Kier alpha value is -1.99. The minimum Gasteiger partial charge on any atom is -0.478 e. The lowest BCUT2D eigenvalue weighted by atomic mass is 9.68. The lowest BCUT2D eigenvalue weighted by Gasteiger charge is -2.43. The first-order valence-corrected chi connectivity index (χ1v) is 11.3. The molecule has 1 saturated carbocycles. The molecule has 6 nitrogen and oxygen atoms in total. The van der Waals surface area contributed by atoms with E-state index in [-0.39, 0.29) is 35.4 Å². The fourth-order valence-electron chi connectivity index (χ4n) is 4.83. The standard InChI is InChI=1S/C26H36O6/c1-19(2)13-14-21-25(3,32-21)24-23(29-4)20(15-16-26(24)18-31-26)30-17-11-9-7-5-6-8-10-12-22(27)28/h5-13,20-21,23-24H,14-18H2,1-4H3,(H,27,28)/b7-5+,8-6+,11-9+,12-10+/t20?,21?,23?,24-,25-,26-/m0/s1. The van der Waals surface area contributed by atoms with Crippen molar-refractivity contribution >= 4 is 5.97 Å². The third-order valence-electron chi connectivity index (χ3n) is 6.57. The molecule has 0 aromatic rings. The van der Waals surface area contributed by atoms with Gasteiger partial charge in [-0.3, -0.25) is 0 Å². The van der Waals surface area contributed by atoms with Gasteiger partial charge in [0.1, 0.15) is 5.60 Å². The van der Waals surface area contributed by atoms with E-state index in [1.54, 1.807) is 19.3 Å². The molecule has 0 aromatic heterocycles. The summed E-state index contributed by atoms with van der Waals surface area (Å²) in [5.41, 5.74) is 0.932. The molecule has 6 atom stereocenters. The monoisotopic (exact) mass is 444 g/mol. The van der Waals surface area contributed by atoms with Gasteiger partial charge in [0, 0.05) is 13.2 Å². The van der Waals surface area contributed by atoms with Crippen molar-refractivity contribution in [2.45, 2.75) is 69.5 Å². The average Bonchev–Trinajstić information content (AvgIpc) is 3.65. The Morgan fingerprint density at radius 3 is 2.47 bits per heavy atom. The van der Waals surface area contributed by atoms with E-state index in [0.29, 0.717) is 6.61 Å². The summed E-state index contributed by atoms with van der Waals surface area (Å²) in [4.78, 5) is 10.4. The fraction of sp³-hybridized carbons (Fsp3) is 0.577. The fourth-order valence-corrected chi connectivity index (χ4v) is 4.83. The molecule has 176 valence electrons. The number of carbonyl (C=O) groups is 1. The van der Waals surface area contributed by atoms with E-state index in [1.165, 1.54) is 11.6 Å². The van der Waals surface area contributed by atoms with Crippen LogP contribution >= 0.6 is 0 Å². The maximum absolute atomic E-state index is 10.4. The Morgan fingerprint density at radius 2 is 1.84 bits per heavy atom. The zero-order valence-corrected chi connectivity index (χ0v) is 19.5. The molecular weight excluding hydrogens is 408 g/mol. The molecule has 3 fully saturated rings. The zero-order valence-electron chi connectivity index (χ0n) is 19.5. The molecule has 3 rings (SSSR count). The van der Waals surface area contributed by atoms with Crippen LogP contribution in [0.1, 0.15) is 40.0 Å². The van der Waals surface area contributed by atoms with Crippen LogP contribution in [0, 0.1) is 5.92 Å². The minimum absolute atomic E-state index is 0.000338. The quantitative estimate of drug-likeness (QED) is 0.220. The van der Waals surface area contributed by atoms with Crippen LogP contribution in [0.5, 0.6) is 0 Å². The molecule has 3 unspecified atom stereocenters. The molecule has 0 aromatic carbocycles. The first-order valence-electron chi connectivity index (χ1n) is 11.3. The number of aliphatic carboxylic acids is 1. The van der Waals surface area contributed by atoms with Gasteiger partial charge in [0.15, 0.2) is 0 Å². The van der Waals surface area contributed by atoms with E-state index in [1.807, 2.05) is 24.3 Å². The molecule has 2 saturated heterocycles. The van der Waals surface area contributed by atoms with Crippen LogP contribution in [0.2, 0.25) is 0 Å². The van der Waals surface area contributed by atoms with Crippen molar-refractivity contribution < 1.29 is 28.8 Å². The average molecular weight is 445 g/mol. The minimum atomic E-state index is -0.959. The van der Waals surface area contributed by atoms with E-state index in [0.717, 1.165) is 31.9 Å². The number of allylic oxidation sites excluding steroid dienone is 7. The second-order valence-corrected chi connectivity index (χ2v) is 9.14. The number of hydrogen-bond donors (Lipinski definition) is 1. The largest absolute Gasteiger partial charge is 0.478 e. The van der Waals surface area contributed by atoms with Crippen molar-refractivity contribution in [3.8, 4) is 0 Å². The highest BCUT2D eigenvalue weighted by Gasteiger charge is 2.71. The number of epoxide rings is 2. The number of carboxylic acids is 1. The van der Waals surface area contributed by atoms with E-state index >= 15 is 0 Å². The maximum Gasteiger partial charge on any atom is 0.328 e. The number of ether oxygens (including phenoxy) is 4. The van der Waals surface area contributed by atoms with Crippen LogP contribution in [0.4, 0.5) is 0 Å². The molecule has 1 aliphatic carbocycles. The molecule has 2 aliphatic heterocycles. The molecule has 1 spiro atoms. The number of methoxy groups -OCH3 is 1. The Bertz CT molecular complexity index is 799. The molecular formula is C26H36O6. The van der Waals surface area contributed by atoms with Crippen LogP contribution in [0.3, 0.4) is 0 Å². The van der Waals surface area contributed by atoms with Gasteiger partial charge in [-0.15, -0.1) is 0 Å². The van der Waals surface area contributed by atoms with Gasteiger partial charge in [0.2, 0.25) is 0 Å². The number of hydrogen-bond acceptors (Lipinski definition) is 5. The van der Waals surface area contributed by atoms with Crippen LogP contribution in [0.15, 0.2) is 60.3 Å². The molecule has 0 bridgehead atoms. The number of rotatable bonds is 11. The summed E-state index contributed by atoms with van der Waals surface area (Å²) in [5.74, 6) is -0.804. The summed E-state index contributed by atoms with van der Waals surface area (Å²) < 4.78 is 24.4. The second kappa shape index (κ2) is 10.8. The Labute approximate surface area is 191 Å². The molecule has 0 radical (unpaired) electrons. The van der Waals surface area contributed by atoms with Gasteiger partial charge >= 0.3 is 5.97 Å². The van der Waals surface area contributed by atoms with Crippen LogP contribution < -0.4 is 0 Å². The smallest absolute Gasteiger partial charge is 0.328 e. The Kier molecular flexibility index (Phi) is 8.28. The van der Waals surface area contributed by atoms with E-state index in [4.69, 9.17) is 24.1 Å².